The van der Waals surface area contributed by atoms with Crippen molar-refractivity contribution >= 4 is 5.91 Å². The van der Waals surface area contributed by atoms with Gasteiger partial charge in [-0.15, -0.1) is 0 Å². The zero-order valence-electron chi connectivity index (χ0n) is 14.2. The predicted molar refractivity (Wildman–Crippen MR) is 89.2 cm³/mol. The van der Waals surface area contributed by atoms with Crippen LogP contribution in [0.1, 0.15) is 45.2 Å². The maximum atomic E-state index is 11.9. The lowest BCUT2D eigenvalue weighted by atomic mass is 10.2. The normalized spacial score (nSPS) is 21.4. The van der Waals surface area contributed by atoms with Gasteiger partial charge in [-0.2, -0.15) is 0 Å². The first-order valence-corrected chi connectivity index (χ1v) is 8.77. The standard InChI is InChI=1S/C18H27N3O2/c1-3-23-18-8-4-6-15(19-18)12-20-11-5-7-17(20)13-21(14(2)22)16-9-10-16/h4,6,8,16-17H,3,5,7,9-13H2,1-2H3. The van der Waals surface area contributed by atoms with E-state index in [1.807, 2.05) is 19.1 Å². The summed E-state index contributed by atoms with van der Waals surface area (Å²) in [5.74, 6) is 0.917. The highest BCUT2D eigenvalue weighted by Crippen LogP contribution is 2.29. The number of carbonyl (C=O) groups excluding carboxylic acids is 1. The second-order valence-corrected chi connectivity index (χ2v) is 6.57. The van der Waals surface area contributed by atoms with Crippen LogP contribution in [0.5, 0.6) is 5.88 Å². The van der Waals surface area contributed by atoms with E-state index in [4.69, 9.17) is 4.74 Å². The summed E-state index contributed by atoms with van der Waals surface area (Å²) in [5, 5.41) is 0. The molecule has 1 saturated carbocycles. The Hall–Kier alpha value is -1.62. The van der Waals surface area contributed by atoms with Crippen LogP contribution in [0.2, 0.25) is 0 Å². The Kier molecular flexibility index (Phi) is 5.16. The van der Waals surface area contributed by atoms with Crippen LogP contribution in [0.3, 0.4) is 0 Å². The van der Waals surface area contributed by atoms with Crippen LogP contribution in [0.25, 0.3) is 0 Å². The van der Waals surface area contributed by atoms with Crippen molar-refractivity contribution in [2.45, 2.75) is 58.2 Å². The Labute approximate surface area is 138 Å². The van der Waals surface area contributed by atoms with Crippen molar-refractivity contribution in [2.75, 3.05) is 19.7 Å². The molecule has 0 aromatic carbocycles. The molecule has 0 spiro atoms. The highest BCUT2D eigenvalue weighted by atomic mass is 16.5. The molecule has 126 valence electrons. The van der Waals surface area contributed by atoms with E-state index in [2.05, 4.69) is 20.9 Å². The van der Waals surface area contributed by atoms with Gasteiger partial charge in [0.05, 0.1) is 12.3 Å². The van der Waals surface area contributed by atoms with Gasteiger partial charge in [0.25, 0.3) is 0 Å². The van der Waals surface area contributed by atoms with Crippen molar-refractivity contribution < 1.29 is 9.53 Å². The number of likely N-dealkylation sites (tertiary alicyclic amines) is 1. The zero-order valence-corrected chi connectivity index (χ0v) is 14.2. The molecule has 1 aromatic heterocycles. The lowest BCUT2D eigenvalue weighted by Gasteiger charge is -2.30. The first-order chi connectivity index (χ1) is 11.2. The SMILES string of the molecule is CCOc1cccc(CN2CCCC2CN(C(C)=O)C2CC2)n1. The minimum atomic E-state index is 0.218. The molecule has 3 rings (SSSR count). The van der Waals surface area contributed by atoms with E-state index in [9.17, 15) is 4.79 Å². The predicted octanol–water partition coefficient (Wildman–Crippen LogP) is 2.46. The van der Waals surface area contributed by atoms with E-state index < -0.39 is 0 Å². The van der Waals surface area contributed by atoms with Crippen molar-refractivity contribution in [1.82, 2.24) is 14.8 Å². The van der Waals surface area contributed by atoms with Gasteiger partial charge in [0.2, 0.25) is 11.8 Å². The summed E-state index contributed by atoms with van der Waals surface area (Å²) in [7, 11) is 0. The van der Waals surface area contributed by atoms with Gasteiger partial charge in [-0.3, -0.25) is 9.69 Å². The molecule has 1 aliphatic carbocycles. The molecule has 5 heteroatoms. The monoisotopic (exact) mass is 317 g/mol. The van der Waals surface area contributed by atoms with Crippen LogP contribution in [0.15, 0.2) is 18.2 Å². The quantitative estimate of drug-likeness (QED) is 0.775. The van der Waals surface area contributed by atoms with Crippen LogP contribution >= 0.6 is 0 Å². The fraction of sp³-hybridized carbons (Fsp3) is 0.667. The van der Waals surface area contributed by atoms with Crippen LogP contribution in [0.4, 0.5) is 0 Å². The van der Waals surface area contributed by atoms with Gasteiger partial charge in [0.1, 0.15) is 0 Å². The summed E-state index contributed by atoms with van der Waals surface area (Å²) >= 11 is 0. The first kappa shape index (κ1) is 16.2. The molecular weight excluding hydrogens is 290 g/mol. The Morgan fingerprint density at radius 2 is 2.22 bits per heavy atom. The first-order valence-electron chi connectivity index (χ1n) is 8.77. The smallest absolute Gasteiger partial charge is 0.219 e. The lowest BCUT2D eigenvalue weighted by molar-refractivity contribution is -0.130. The summed E-state index contributed by atoms with van der Waals surface area (Å²) in [5.41, 5.74) is 1.05. The Balaban J connectivity index is 1.62. The molecular formula is C18H27N3O2. The molecule has 0 bridgehead atoms. The number of aromatic nitrogens is 1. The van der Waals surface area contributed by atoms with E-state index >= 15 is 0 Å². The highest BCUT2D eigenvalue weighted by molar-refractivity contribution is 5.74. The lowest BCUT2D eigenvalue weighted by Crippen LogP contribution is -2.43. The number of hydrogen-bond acceptors (Lipinski definition) is 4. The van der Waals surface area contributed by atoms with Crippen molar-refractivity contribution in [3.8, 4) is 5.88 Å². The van der Waals surface area contributed by atoms with Crippen LogP contribution in [-0.4, -0.2) is 52.5 Å². The fourth-order valence-electron chi connectivity index (χ4n) is 3.44. The van der Waals surface area contributed by atoms with Crippen molar-refractivity contribution in [3.05, 3.63) is 23.9 Å². The molecule has 1 atom stereocenters. The van der Waals surface area contributed by atoms with Gasteiger partial charge >= 0.3 is 0 Å². The van der Waals surface area contributed by atoms with Crippen molar-refractivity contribution in [2.24, 2.45) is 0 Å². The molecule has 0 radical (unpaired) electrons. The number of hydrogen-bond donors (Lipinski definition) is 0. The Bertz CT molecular complexity index is 545. The summed E-state index contributed by atoms with van der Waals surface area (Å²) in [6.07, 6.45) is 4.71. The molecule has 1 aromatic rings. The third kappa shape index (κ3) is 4.22. The van der Waals surface area contributed by atoms with Gasteiger partial charge in [-0.1, -0.05) is 6.07 Å². The molecule has 2 heterocycles. The van der Waals surface area contributed by atoms with Gasteiger partial charge in [-0.25, -0.2) is 4.98 Å². The molecule has 0 N–H and O–H groups in total. The molecule has 1 saturated heterocycles. The van der Waals surface area contributed by atoms with Crippen molar-refractivity contribution in [3.63, 3.8) is 0 Å². The van der Waals surface area contributed by atoms with Crippen LogP contribution in [-0.2, 0) is 11.3 Å². The molecule has 1 aliphatic heterocycles. The highest BCUT2D eigenvalue weighted by Gasteiger charge is 2.35. The maximum absolute atomic E-state index is 11.9. The molecule has 2 fully saturated rings. The molecule has 1 unspecified atom stereocenters. The van der Waals surface area contributed by atoms with E-state index in [1.54, 1.807) is 6.92 Å². The van der Waals surface area contributed by atoms with Crippen molar-refractivity contribution in [1.29, 1.82) is 0 Å². The van der Waals surface area contributed by atoms with E-state index in [0.717, 1.165) is 25.3 Å². The average molecular weight is 317 g/mol. The Morgan fingerprint density at radius 3 is 2.91 bits per heavy atom. The zero-order chi connectivity index (χ0) is 16.2. The summed E-state index contributed by atoms with van der Waals surface area (Å²) in [4.78, 5) is 21.0. The maximum Gasteiger partial charge on any atom is 0.219 e. The van der Waals surface area contributed by atoms with Gasteiger partial charge in [-0.05, 0) is 45.2 Å². The van der Waals surface area contributed by atoms with E-state index in [-0.39, 0.29) is 5.91 Å². The summed E-state index contributed by atoms with van der Waals surface area (Å²) in [6, 6.07) is 6.91. The van der Waals surface area contributed by atoms with Crippen LogP contribution < -0.4 is 4.74 Å². The number of pyridine rings is 1. The molecule has 2 aliphatic rings. The number of rotatable bonds is 7. The molecule has 1 amide bonds. The van der Waals surface area contributed by atoms with Gasteiger partial charge in [0.15, 0.2) is 0 Å². The second-order valence-electron chi connectivity index (χ2n) is 6.57. The average Bonchev–Trinajstić information content (AvgIpc) is 3.27. The third-order valence-electron chi connectivity index (χ3n) is 4.74. The summed E-state index contributed by atoms with van der Waals surface area (Å²) < 4.78 is 5.49. The molecule has 23 heavy (non-hydrogen) atoms. The number of nitrogens with zero attached hydrogens (tertiary/aromatic N) is 3. The van der Waals surface area contributed by atoms with Crippen LogP contribution in [0, 0.1) is 0 Å². The fourth-order valence-corrected chi connectivity index (χ4v) is 3.44. The number of ether oxygens (including phenoxy) is 1. The van der Waals surface area contributed by atoms with Gasteiger partial charge < -0.3 is 9.64 Å². The minimum Gasteiger partial charge on any atom is -0.478 e. The van der Waals surface area contributed by atoms with E-state index in [0.29, 0.717) is 24.6 Å². The van der Waals surface area contributed by atoms with Gasteiger partial charge in [0, 0.05) is 38.2 Å². The second kappa shape index (κ2) is 7.30. The molecule has 5 nitrogen and oxygen atoms in total. The Morgan fingerprint density at radius 1 is 1.39 bits per heavy atom. The summed E-state index contributed by atoms with van der Waals surface area (Å²) in [6.45, 7) is 7.09. The third-order valence-corrected chi connectivity index (χ3v) is 4.74. The topological polar surface area (TPSA) is 45.7 Å². The number of amides is 1. The minimum absolute atomic E-state index is 0.218. The van der Waals surface area contributed by atoms with E-state index in [1.165, 1.54) is 25.7 Å². The number of carbonyl (C=O) groups is 1. The largest absolute Gasteiger partial charge is 0.478 e.